The molecule has 1 saturated heterocycles. The average Bonchev–Trinajstić information content (AvgIpc) is 3.26. The molecule has 6 nitrogen and oxygen atoms in total. The van der Waals surface area contributed by atoms with E-state index in [1.807, 2.05) is 31.2 Å². The Hall–Kier alpha value is -1.87. The van der Waals surface area contributed by atoms with E-state index in [2.05, 4.69) is 5.32 Å². The topological polar surface area (TPSA) is 75.7 Å². The summed E-state index contributed by atoms with van der Waals surface area (Å²) in [5, 5.41) is 3.02. The first-order chi connectivity index (χ1) is 14.3. The summed E-state index contributed by atoms with van der Waals surface area (Å²) < 4.78 is 31.3. The standard InChI is InChI=1S/C22H28N2O4S2/c1-16(17-10-12-19(13-11-17)30(26,27)24(2)3)23-22(25)20-8-4-5-9-21(20)29-15-18-7-6-14-28-18/h4-5,8-13,16,18H,6-7,14-15H2,1-3H3,(H,23,25). The maximum atomic E-state index is 12.9. The number of thioether (sulfide) groups is 1. The summed E-state index contributed by atoms with van der Waals surface area (Å²) in [6, 6.07) is 13.9. The third kappa shape index (κ3) is 5.43. The summed E-state index contributed by atoms with van der Waals surface area (Å²) in [6.07, 6.45) is 2.42. The average molecular weight is 449 g/mol. The fourth-order valence-electron chi connectivity index (χ4n) is 3.24. The van der Waals surface area contributed by atoms with E-state index >= 15 is 0 Å². The molecule has 1 aliphatic rings. The van der Waals surface area contributed by atoms with Gasteiger partial charge in [-0.05, 0) is 49.6 Å². The lowest BCUT2D eigenvalue weighted by Crippen LogP contribution is -2.27. The molecule has 0 spiro atoms. The quantitative estimate of drug-likeness (QED) is 0.623. The molecule has 0 radical (unpaired) electrons. The summed E-state index contributed by atoms with van der Waals surface area (Å²) in [7, 11) is -0.471. The van der Waals surface area contributed by atoms with Crippen LogP contribution in [0.5, 0.6) is 0 Å². The first kappa shape index (κ1) is 22.8. The summed E-state index contributed by atoms with van der Waals surface area (Å²) >= 11 is 1.65. The molecule has 2 aromatic rings. The highest BCUT2D eigenvalue weighted by molar-refractivity contribution is 7.99. The number of hydrogen-bond acceptors (Lipinski definition) is 5. The molecule has 1 fully saturated rings. The zero-order chi connectivity index (χ0) is 21.7. The Labute approximate surface area is 183 Å². The first-order valence-corrected chi connectivity index (χ1v) is 12.4. The van der Waals surface area contributed by atoms with Gasteiger partial charge in [0.05, 0.1) is 22.6 Å². The van der Waals surface area contributed by atoms with E-state index in [-0.39, 0.29) is 22.9 Å². The SMILES string of the molecule is CC(NC(=O)c1ccccc1SCC1CCCO1)c1ccc(S(=O)(=O)N(C)C)cc1. The third-order valence-electron chi connectivity index (χ3n) is 5.09. The summed E-state index contributed by atoms with van der Waals surface area (Å²) in [6.45, 7) is 2.70. The fraction of sp³-hybridized carbons (Fsp3) is 0.409. The molecular formula is C22H28N2O4S2. The van der Waals surface area contributed by atoms with Crippen LogP contribution in [-0.2, 0) is 14.8 Å². The van der Waals surface area contributed by atoms with Gasteiger partial charge in [-0.15, -0.1) is 11.8 Å². The van der Waals surface area contributed by atoms with Crippen LogP contribution in [0.1, 0.15) is 41.7 Å². The van der Waals surface area contributed by atoms with Gasteiger partial charge in [0, 0.05) is 31.4 Å². The highest BCUT2D eigenvalue weighted by Crippen LogP contribution is 2.27. The van der Waals surface area contributed by atoms with E-state index in [1.165, 1.54) is 18.4 Å². The van der Waals surface area contributed by atoms with Crippen LogP contribution in [-0.4, -0.2) is 51.2 Å². The predicted octanol–water partition coefficient (Wildman–Crippen LogP) is 3.70. The largest absolute Gasteiger partial charge is 0.377 e. The first-order valence-electron chi connectivity index (χ1n) is 9.96. The molecule has 0 saturated carbocycles. The van der Waals surface area contributed by atoms with E-state index in [0.717, 1.165) is 35.7 Å². The Kier molecular flexibility index (Phi) is 7.57. The Bertz CT molecular complexity index is 969. The molecule has 30 heavy (non-hydrogen) atoms. The minimum absolute atomic E-state index is 0.150. The van der Waals surface area contributed by atoms with Gasteiger partial charge in [-0.1, -0.05) is 24.3 Å². The van der Waals surface area contributed by atoms with E-state index in [1.54, 1.807) is 36.0 Å². The van der Waals surface area contributed by atoms with Gasteiger partial charge in [0.25, 0.3) is 5.91 Å². The normalized spacial score (nSPS) is 17.8. The fourth-order valence-corrected chi connectivity index (χ4v) is 5.26. The van der Waals surface area contributed by atoms with Crippen molar-refractivity contribution in [2.75, 3.05) is 26.5 Å². The number of sulfonamides is 1. The van der Waals surface area contributed by atoms with E-state index in [0.29, 0.717) is 5.56 Å². The number of nitrogens with one attached hydrogen (secondary N) is 1. The molecule has 1 amide bonds. The minimum atomic E-state index is -3.47. The molecule has 2 unspecified atom stereocenters. The van der Waals surface area contributed by atoms with Crippen LogP contribution in [0.3, 0.4) is 0 Å². The number of carbonyl (C=O) groups excluding carboxylic acids is 1. The third-order valence-corrected chi connectivity index (χ3v) is 8.12. The Morgan fingerprint density at radius 3 is 2.53 bits per heavy atom. The molecule has 0 aliphatic carbocycles. The molecular weight excluding hydrogens is 420 g/mol. The summed E-state index contributed by atoms with van der Waals surface area (Å²) in [5.41, 5.74) is 1.48. The minimum Gasteiger partial charge on any atom is -0.377 e. The number of carbonyl (C=O) groups is 1. The van der Waals surface area contributed by atoms with Crippen molar-refractivity contribution in [3.8, 4) is 0 Å². The maximum absolute atomic E-state index is 12.9. The molecule has 2 atom stereocenters. The van der Waals surface area contributed by atoms with Gasteiger partial charge >= 0.3 is 0 Å². The van der Waals surface area contributed by atoms with Crippen molar-refractivity contribution in [3.63, 3.8) is 0 Å². The van der Waals surface area contributed by atoms with Crippen molar-refractivity contribution < 1.29 is 17.9 Å². The molecule has 2 aromatic carbocycles. The molecule has 0 bridgehead atoms. The lowest BCUT2D eigenvalue weighted by atomic mass is 10.1. The van der Waals surface area contributed by atoms with Crippen molar-refractivity contribution in [2.24, 2.45) is 0 Å². The molecule has 1 heterocycles. The molecule has 8 heteroatoms. The van der Waals surface area contributed by atoms with Gasteiger partial charge in [-0.3, -0.25) is 4.79 Å². The number of hydrogen-bond donors (Lipinski definition) is 1. The smallest absolute Gasteiger partial charge is 0.252 e. The number of rotatable bonds is 8. The van der Waals surface area contributed by atoms with Crippen molar-refractivity contribution in [1.29, 1.82) is 0 Å². The molecule has 1 N–H and O–H groups in total. The van der Waals surface area contributed by atoms with Crippen LogP contribution in [0.15, 0.2) is 58.3 Å². The van der Waals surface area contributed by atoms with Gasteiger partial charge < -0.3 is 10.1 Å². The molecule has 0 aromatic heterocycles. The Morgan fingerprint density at radius 2 is 1.90 bits per heavy atom. The van der Waals surface area contributed by atoms with Crippen LogP contribution in [0.2, 0.25) is 0 Å². The Balaban J connectivity index is 1.67. The second kappa shape index (κ2) is 9.96. The van der Waals surface area contributed by atoms with Crippen molar-refractivity contribution in [3.05, 3.63) is 59.7 Å². The number of nitrogens with zero attached hydrogens (tertiary/aromatic N) is 1. The lowest BCUT2D eigenvalue weighted by Gasteiger charge is -2.17. The van der Waals surface area contributed by atoms with Gasteiger partial charge in [0.1, 0.15) is 0 Å². The highest BCUT2D eigenvalue weighted by atomic mass is 32.2. The number of amides is 1. The number of ether oxygens (including phenoxy) is 1. The molecule has 1 aliphatic heterocycles. The number of benzene rings is 2. The second-order valence-corrected chi connectivity index (χ2v) is 10.7. The lowest BCUT2D eigenvalue weighted by molar-refractivity contribution is 0.0936. The predicted molar refractivity (Wildman–Crippen MR) is 119 cm³/mol. The van der Waals surface area contributed by atoms with Gasteiger partial charge in [0.2, 0.25) is 10.0 Å². The van der Waals surface area contributed by atoms with Crippen molar-refractivity contribution in [2.45, 2.75) is 41.7 Å². The molecule has 162 valence electrons. The second-order valence-electron chi connectivity index (χ2n) is 7.49. The summed E-state index contributed by atoms with van der Waals surface area (Å²) in [5.74, 6) is 0.685. The zero-order valence-corrected chi connectivity index (χ0v) is 19.1. The zero-order valence-electron chi connectivity index (χ0n) is 17.5. The van der Waals surface area contributed by atoms with Crippen LogP contribution >= 0.6 is 11.8 Å². The van der Waals surface area contributed by atoms with Crippen molar-refractivity contribution in [1.82, 2.24) is 9.62 Å². The van der Waals surface area contributed by atoms with Crippen molar-refractivity contribution >= 4 is 27.7 Å². The maximum Gasteiger partial charge on any atom is 0.252 e. The van der Waals surface area contributed by atoms with Crippen LogP contribution in [0.25, 0.3) is 0 Å². The van der Waals surface area contributed by atoms with Gasteiger partial charge in [0.15, 0.2) is 0 Å². The van der Waals surface area contributed by atoms with Gasteiger partial charge in [-0.25, -0.2) is 12.7 Å². The molecule has 3 rings (SSSR count). The van der Waals surface area contributed by atoms with Crippen LogP contribution in [0.4, 0.5) is 0 Å². The van der Waals surface area contributed by atoms with E-state index in [9.17, 15) is 13.2 Å². The van der Waals surface area contributed by atoms with E-state index in [4.69, 9.17) is 4.74 Å². The summed E-state index contributed by atoms with van der Waals surface area (Å²) in [4.78, 5) is 14.1. The van der Waals surface area contributed by atoms with Crippen LogP contribution < -0.4 is 5.32 Å². The Morgan fingerprint density at radius 1 is 1.20 bits per heavy atom. The van der Waals surface area contributed by atoms with Gasteiger partial charge in [-0.2, -0.15) is 0 Å². The highest BCUT2D eigenvalue weighted by Gasteiger charge is 2.20. The monoisotopic (exact) mass is 448 g/mol. The van der Waals surface area contributed by atoms with Crippen LogP contribution in [0, 0.1) is 0 Å². The van der Waals surface area contributed by atoms with E-state index < -0.39 is 10.0 Å².